The Kier molecular flexibility index (Phi) is 3.59. The Morgan fingerprint density at radius 2 is 2.16 bits per heavy atom. The molecular formula is C11H15N5O3. The summed E-state index contributed by atoms with van der Waals surface area (Å²) in [7, 11) is 0. The molecule has 19 heavy (non-hydrogen) atoms. The van der Waals surface area contributed by atoms with E-state index in [4.69, 9.17) is 4.42 Å². The zero-order chi connectivity index (χ0) is 14.0. The highest BCUT2D eigenvalue weighted by molar-refractivity contribution is 5.21. The van der Waals surface area contributed by atoms with E-state index in [1.165, 1.54) is 17.1 Å². The monoisotopic (exact) mass is 265 g/mol. The molecule has 2 rings (SSSR count). The van der Waals surface area contributed by atoms with Crippen LogP contribution in [-0.4, -0.2) is 24.9 Å². The van der Waals surface area contributed by atoms with Gasteiger partial charge in [0.2, 0.25) is 11.8 Å². The van der Waals surface area contributed by atoms with Crippen molar-refractivity contribution >= 4 is 5.69 Å². The molecule has 0 fully saturated rings. The van der Waals surface area contributed by atoms with Crippen LogP contribution in [0.4, 0.5) is 5.69 Å². The van der Waals surface area contributed by atoms with Gasteiger partial charge in [0.25, 0.3) is 0 Å². The van der Waals surface area contributed by atoms with E-state index in [-0.39, 0.29) is 11.7 Å². The summed E-state index contributed by atoms with van der Waals surface area (Å²) in [6, 6.07) is -0.331. The summed E-state index contributed by atoms with van der Waals surface area (Å²) in [4.78, 5) is 10.1. The molecule has 0 radical (unpaired) electrons. The summed E-state index contributed by atoms with van der Waals surface area (Å²) < 4.78 is 6.96. The van der Waals surface area contributed by atoms with Crippen molar-refractivity contribution in [2.24, 2.45) is 5.92 Å². The first-order chi connectivity index (χ1) is 8.97. The van der Waals surface area contributed by atoms with Gasteiger partial charge in [-0.05, 0) is 12.8 Å². The summed E-state index contributed by atoms with van der Waals surface area (Å²) in [6.07, 6.45) is 3.25. The van der Waals surface area contributed by atoms with Crippen molar-refractivity contribution in [3.05, 3.63) is 34.3 Å². The maximum atomic E-state index is 10.6. The zero-order valence-electron chi connectivity index (χ0n) is 11.0. The van der Waals surface area contributed by atoms with Crippen molar-refractivity contribution in [2.45, 2.75) is 33.2 Å². The Labute approximate surface area is 109 Å². The Balaban J connectivity index is 2.16. The molecule has 0 aliphatic heterocycles. The van der Waals surface area contributed by atoms with Crippen LogP contribution in [0.3, 0.4) is 0 Å². The zero-order valence-corrected chi connectivity index (χ0v) is 11.0. The average molecular weight is 265 g/mol. The molecule has 0 aromatic carbocycles. The number of nitrogens with zero attached hydrogens (tertiary/aromatic N) is 5. The molecule has 8 heteroatoms. The quantitative estimate of drug-likeness (QED) is 0.605. The smallest absolute Gasteiger partial charge is 0.307 e. The van der Waals surface area contributed by atoms with Crippen molar-refractivity contribution in [1.82, 2.24) is 20.0 Å². The highest BCUT2D eigenvalue weighted by Crippen LogP contribution is 2.19. The standard InChI is InChI=1S/C11H15N5O3/c1-7(2)4-10-13-14-11(19-10)8(3)15-6-9(5-12-15)16(17)18/h5-8H,4H2,1-3H3/t8-/m1/s1. The van der Waals surface area contributed by atoms with Crippen LogP contribution in [0, 0.1) is 16.0 Å². The Bertz CT molecular complexity index is 574. The Morgan fingerprint density at radius 3 is 2.74 bits per heavy atom. The lowest BCUT2D eigenvalue weighted by Crippen LogP contribution is -2.07. The first-order valence-electron chi connectivity index (χ1n) is 5.98. The SMILES string of the molecule is CC(C)Cc1nnc([C@@H](C)n2cc([N+](=O)[O-])cn2)o1. The Morgan fingerprint density at radius 1 is 1.42 bits per heavy atom. The minimum absolute atomic E-state index is 0.0613. The van der Waals surface area contributed by atoms with Crippen molar-refractivity contribution in [2.75, 3.05) is 0 Å². The lowest BCUT2D eigenvalue weighted by molar-refractivity contribution is -0.385. The van der Waals surface area contributed by atoms with Crippen LogP contribution in [0.5, 0.6) is 0 Å². The van der Waals surface area contributed by atoms with Gasteiger partial charge >= 0.3 is 5.69 Å². The van der Waals surface area contributed by atoms with Gasteiger partial charge in [-0.25, -0.2) is 0 Å². The molecule has 0 saturated carbocycles. The van der Waals surface area contributed by atoms with Gasteiger partial charge in [-0.2, -0.15) is 5.10 Å². The largest absolute Gasteiger partial charge is 0.423 e. The molecule has 0 bridgehead atoms. The van der Waals surface area contributed by atoms with Crippen molar-refractivity contribution in [3.8, 4) is 0 Å². The van der Waals surface area contributed by atoms with Crippen LogP contribution in [0.1, 0.15) is 38.6 Å². The van der Waals surface area contributed by atoms with E-state index in [0.717, 1.165) is 0 Å². The van der Waals surface area contributed by atoms with E-state index in [1.807, 2.05) is 0 Å². The van der Waals surface area contributed by atoms with Crippen LogP contribution in [0.15, 0.2) is 16.8 Å². The molecule has 2 heterocycles. The topological polar surface area (TPSA) is 99.9 Å². The second-order valence-corrected chi connectivity index (χ2v) is 4.74. The molecule has 0 unspecified atom stereocenters. The number of nitro groups is 1. The Hall–Kier alpha value is -2.25. The number of rotatable bonds is 5. The van der Waals surface area contributed by atoms with E-state index >= 15 is 0 Å². The lowest BCUT2D eigenvalue weighted by Gasteiger charge is -2.05. The molecule has 102 valence electrons. The number of aromatic nitrogens is 4. The number of hydrogen-bond acceptors (Lipinski definition) is 6. The molecule has 0 amide bonds. The van der Waals surface area contributed by atoms with Gasteiger partial charge in [0.05, 0.1) is 4.92 Å². The second kappa shape index (κ2) is 5.17. The minimum atomic E-state index is -0.492. The fourth-order valence-electron chi connectivity index (χ4n) is 1.61. The van der Waals surface area contributed by atoms with Gasteiger partial charge in [0.1, 0.15) is 18.4 Å². The van der Waals surface area contributed by atoms with Crippen LogP contribution >= 0.6 is 0 Å². The fraction of sp³-hybridized carbons (Fsp3) is 0.545. The van der Waals surface area contributed by atoms with Crippen LogP contribution in [-0.2, 0) is 6.42 Å². The van der Waals surface area contributed by atoms with Gasteiger partial charge in [0, 0.05) is 6.42 Å². The molecule has 0 aliphatic rings. The third-order valence-corrected chi connectivity index (χ3v) is 2.62. The van der Waals surface area contributed by atoms with Crippen molar-refractivity contribution < 1.29 is 9.34 Å². The molecule has 0 spiro atoms. The summed E-state index contributed by atoms with van der Waals surface area (Å²) >= 11 is 0. The molecule has 1 atom stereocenters. The van der Waals surface area contributed by atoms with Gasteiger partial charge in [0.15, 0.2) is 0 Å². The average Bonchev–Trinajstić information content (AvgIpc) is 2.95. The predicted octanol–water partition coefficient (Wildman–Crippen LogP) is 1.98. The van der Waals surface area contributed by atoms with Gasteiger partial charge in [-0.3, -0.25) is 14.8 Å². The minimum Gasteiger partial charge on any atom is -0.423 e. The van der Waals surface area contributed by atoms with Gasteiger partial charge < -0.3 is 4.42 Å². The molecule has 0 N–H and O–H groups in total. The van der Waals surface area contributed by atoms with E-state index in [1.54, 1.807) is 6.92 Å². The molecular weight excluding hydrogens is 250 g/mol. The van der Waals surface area contributed by atoms with E-state index in [9.17, 15) is 10.1 Å². The number of hydrogen-bond donors (Lipinski definition) is 0. The summed E-state index contributed by atoms with van der Waals surface area (Å²) in [5.74, 6) is 1.39. The normalized spacial score (nSPS) is 12.8. The third kappa shape index (κ3) is 2.95. The maximum Gasteiger partial charge on any atom is 0.307 e. The molecule has 2 aromatic heterocycles. The van der Waals surface area contributed by atoms with E-state index in [0.29, 0.717) is 24.1 Å². The maximum absolute atomic E-state index is 10.6. The first kappa shape index (κ1) is 13.2. The molecule has 2 aromatic rings. The van der Waals surface area contributed by atoms with Crippen LogP contribution < -0.4 is 0 Å². The molecule has 8 nitrogen and oxygen atoms in total. The van der Waals surface area contributed by atoms with E-state index in [2.05, 4.69) is 29.1 Å². The third-order valence-electron chi connectivity index (χ3n) is 2.62. The lowest BCUT2D eigenvalue weighted by atomic mass is 10.1. The molecule has 0 saturated heterocycles. The van der Waals surface area contributed by atoms with Crippen LogP contribution in [0.2, 0.25) is 0 Å². The predicted molar refractivity (Wildman–Crippen MR) is 65.5 cm³/mol. The highest BCUT2D eigenvalue weighted by Gasteiger charge is 2.19. The summed E-state index contributed by atoms with van der Waals surface area (Å²) in [5.41, 5.74) is -0.0613. The second-order valence-electron chi connectivity index (χ2n) is 4.74. The van der Waals surface area contributed by atoms with Crippen LogP contribution in [0.25, 0.3) is 0 Å². The summed E-state index contributed by atoms with van der Waals surface area (Å²) in [6.45, 7) is 5.91. The van der Waals surface area contributed by atoms with E-state index < -0.39 is 4.92 Å². The van der Waals surface area contributed by atoms with Gasteiger partial charge in [-0.1, -0.05) is 13.8 Å². The summed E-state index contributed by atoms with van der Waals surface area (Å²) in [5, 5.41) is 22.4. The van der Waals surface area contributed by atoms with Crippen molar-refractivity contribution in [3.63, 3.8) is 0 Å². The van der Waals surface area contributed by atoms with Crippen molar-refractivity contribution in [1.29, 1.82) is 0 Å². The highest BCUT2D eigenvalue weighted by atomic mass is 16.6. The van der Waals surface area contributed by atoms with Gasteiger partial charge in [-0.15, -0.1) is 10.2 Å². The fourth-order valence-corrected chi connectivity index (χ4v) is 1.61. The first-order valence-corrected chi connectivity index (χ1v) is 5.98. The molecule has 0 aliphatic carbocycles.